The van der Waals surface area contributed by atoms with E-state index in [-0.39, 0.29) is 5.91 Å². The molecule has 2 N–H and O–H groups in total. The van der Waals surface area contributed by atoms with Gasteiger partial charge in [0.25, 0.3) is 5.91 Å². The van der Waals surface area contributed by atoms with E-state index in [9.17, 15) is 4.79 Å². The third kappa shape index (κ3) is 3.35. The molecule has 0 saturated carbocycles. The predicted molar refractivity (Wildman–Crippen MR) is 69.8 cm³/mol. The molecule has 1 heterocycles. The van der Waals surface area contributed by atoms with E-state index in [1.54, 1.807) is 18.2 Å². The van der Waals surface area contributed by atoms with Crippen LogP contribution >= 0.6 is 23.2 Å². The summed E-state index contributed by atoms with van der Waals surface area (Å²) < 4.78 is 0. The summed E-state index contributed by atoms with van der Waals surface area (Å²) in [6.45, 7) is 1.65. The first-order valence-electron chi connectivity index (χ1n) is 5.63. The minimum atomic E-state index is -0.175. The van der Waals surface area contributed by atoms with E-state index in [2.05, 4.69) is 10.6 Å². The van der Waals surface area contributed by atoms with Crippen molar-refractivity contribution in [1.82, 2.24) is 10.6 Å². The average Bonchev–Trinajstić information content (AvgIpc) is 2.82. The Balaban J connectivity index is 1.96. The molecule has 1 atom stereocenters. The van der Waals surface area contributed by atoms with Crippen LogP contribution in [0.15, 0.2) is 18.2 Å². The van der Waals surface area contributed by atoms with Crippen molar-refractivity contribution in [1.29, 1.82) is 0 Å². The largest absolute Gasteiger partial charge is 0.350 e. The van der Waals surface area contributed by atoms with Gasteiger partial charge >= 0.3 is 0 Å². The second kappa shape index (κ2) is 5.71. The van der Waals surface area contributed by atoms with Crippen LogP contribution < -0.4 is 10.6 Å². The number of carbonyl (C=O) groups excluding carboxylic acids is 1. The Morgan fingerprint density at radius 2 is 2.29 bits per heavy atom. The second-order valence-corrected chi connectivity index (χ2v) is 4.97. The summed E-state index contributed by atoms with van der Waals surface area (Å²) in [5.74, 6) is -0.175. The normalized spacial score (nSPS) is 19.3. The lowest BCUT2D eigenvalue weighted by molar-refractivity contribution is 0.0950. The maximum absolute atomic E-state index is 11.9. The third-order valence-electron chi connectivity index (χ3n) is 2.84. The maximum Gasteiger partial charge on any atom is 0.252 e. The summed E-state index contributed by atoms with van der Waals surface area (Å²) in [7, 11) is 0. The number of hydrogen-bond donors (Lipinski definition) is 2. The van der Waals surface area contributed by atoms with Crippen molar-refractivity contribution in [3.63, 3.8) is 0 Å². The molecule has 1 aliphatic heterocycles. The summed E-state index contributed by atoms with van der Waals surface area (Å²) >= 11 is 11.8. The SMILES string of the molecule is O=C(NCC1CCCN1)c1cc(Cl)ccc1Cl. The minimum Gasteiger partial charge on any atom is -0.350 e. The third-order valence-corrected chi connectivity index (χ3v) is 3.41. The van der Waals surface area contributed by atoms with Crippen LogP contribution in [-0.2, 0) is 0 Å². The summed E-state index contributed by atoms with van der Waals surface area (Å²) in [5, 5.41) is 7.12. The van der Waals surface area contributed by atoms with Crippen molar-refractivity contribution in [3.05, 3.63) is 33.8 Å². The Labute approximate surface area is 110 Å². The van der Waals surface area contributed by atoms with Gasteiger partial charge in [0.05, 0.1) is 10.6 Å². The molecular formula is C12H14Cl2N2O. The van der Waals surface area contributed by atoms with Gasteiger partial charge in [0, 0.05) is 17.6 Å². The zero-order valence-electron chi connectivity index (χ0n) is 9.30. The standard InChI is InChI=1S/C12H14Cl2N2O/c13-8-3-4-11(14)10(6-8)12(17)16-7-9-2-1-5-15-9/h3-4,6,9,15H,1-2,5,7H2,(H,16,17). The van der Waals surface area contributed by atoms with Gasteiger partial charge in [-0.25, -0.2) is 0 Å². The average molecular weight is 273 g/mol. The number of halogens is 2. The molecule has 0 bridgehead atoms. The van der Waals surface area contributed by atoms with Crippen molar-refractivity contribution in [2.75, 3.05) is 13.1 Å². The fourth-order valence-corrected chi connectivity index (χ4v) is 2.29. The van der Waals surface area contributed by atoms with Gasteiger partial charge < -0.3 is 10.6 Å². The Morgan fingerprint density at radius 1 is 1.47 bits per heavy atom. The van der Waals surface area contributed by atoms with Crippen molar-refractivity contribution >= 4 is 29.1 Å². The molecule has 1 aromatic carbocycles. The quantitative estimate of drug-likeness (QED) is 0.888. The molecule has 0 aliphatic carbocycles. The monoisotopic (exact) mass is 272 g/mol. The molecule has 17 heavy (non-hydrogen) atoms. The summed E-state index contributed by atoms with van der Waals surface area (Å²) in [4.78, 5) is 11.9. The molecule has 0 aromatic heterocycles. The second-order valence-electron chi connectivity index (χ2n) is 4.13. The smallest absolute Gasteiger partial charge is 0.252 e. The van der Waals surface area contributed by atoms with Crippen LogP contribution in [0, 0.1) is 0 Å². The van der Waals surface area contributed by atoms with E-state index in [0.29, 0.717) is 28.2 Å². The van der Waals surface area contributed by atoms with Gasteiger partial charge in [0.1, 0.15) is 0 Å². The zero-order chi connectivity index (χ0) is 12.3. The first kappa shape index (κ1) is 12.7. The maximum atomic E-state index is 11.9. The van der Waals surface area contributed by atoms with Gasteiger partial charge in [-0.3, -0.25) is 4.79 Å². The molecule has 1 aromatic rings. The highest BCUT2D eigenvalue weighted by molar-refractivity contribution is 6.35. The van der Waals surface area contributed by atoms with Crippen molar-refractivity contribution in [2.45, 2.75) is 18.9 Å². The topological polar surface area (TPSA) is 41.1 Å². The number of amides is 1. The van der Waals surface area contributed by atoms with Crippen molar-refractivity contribution in [3.8, 4) is 0 Å². The number of hydrogen-bond acceptors (Lipinski definition) is 2. The van der Waals surface area contributed by atoms with Crippen molar-refractivity contribution < 1.29 is 4.79 Å². The molecule has 1 unspecified atom stereocenters. The summed E-state index contributed by atoms with van der Waals surface area (Å²) in [6, 6.07) is 5.25. The van der Waals surface area contributed by atoms with Crippen LogP contribution in [0.25, 0.3) is 0 Å². The minimum absolute atomic E-state index is 0.175. The lowest BCUT2D eigenvalue weighted by atomic mass is 10.2. The number of benzene rings is 1. The molecule has 5 heteroatoms. The highest BCUT2D eigenvalue weighted by Gasteiger charge is 2.16. The van der Waals surface area contributed by atoms with E-state index in [0.717, 1.165) is 13.0 Å². The van der Waals surface area contributed by atoms with Gasteiger partial charge in [-0.2, -0.15) is 0 Å². The lowest BCUT2D eigenvalue weighted by Gasteiger charge is -2.12. The highest BCUT2D eigenvalue weighted by Crippen LogP contribution is 2.20. The molecule has 1 fully saturated rings. The van der Waals surface area contributed by atoms with Crippen LogP contribution in [-0.4, -0.2) is 25.0 Å². The Morgan fingerprint density at radius 3 is 3.00 bits per heavy atom. The first-order valence-corrected chi connectivity index (χ1v) is 6.39. The molecule has 3 nitrogen and oxygen atoms in total. The lowest BCUT2D eigenvalue weighted by Crippen LogP contribution is -2.37. The van der Waals surface area contributed by atoms with Crippen LogP contribution in [0.3, 0.4) is 0 Å². The molecule has 2 rings (SSSR count). The fourth-order valence-electron chi connectivity index (χ4n) is 1.91. The van der Waals surface area contributed by atoms with Gasteiger partial charge in [0.15, 0.2) is 0 Å². The number of nitrogens with one attached hydrogen (secondary N) is 2. The van der Waals surface area contributed by atoms with Crippen LogP contribution in [0.2, 0.25) is 10.0 Å². The van der Waals surface area contributed by atoms with Gasteiger partial charge in [-0.1, -0.05) is 23.2 Å². The van der Waals surface area contributed by atoms with Crippen molar-refractivity contribution in [2.24, 2.45) is 0 Å². The summed E-state index contributed by atoms with van der Waals surface area (Å²) in [5.41, 5.74) is 0.428. The van der Waals surface area contributed by atoms with E-state index in [1.165, 1.54) is 6.42 Å². The zero-order valence-corrected chi connectivity index (χ0v) is 10.8. The van der Waals surface area contributed by atoms with E-state index in [1.807, 2.05) is 0 Å². The van der Waals surface area contributed by atoms with Crippen LogP contribution in [0.4, 0.5) is 0 Å². The highest BCUT2D eigenvalue weighted by atomic mass is 35.5. The van der Waals surface area contributed by atoms with E-state index >= 15 is 0 Å². The van der Waals surface area contributed by atoms with Gasteiger partial charge in [0.2, 0.25) is 0 Å². The molecular weight excluding hydrogens is 259 g/mol. The van der Waals surface area contributed by atoms with Gasteiger partial charge in [-0.05, 0) is 37.6 Å². The van der Waals surface area contributed by atoms with E-state index < -0.39 is 0 Å². The predicted octanol–water partition coefficient (Wildman–Crippen LogP) is 2.48. The molecule has 0 spiro atoms. The molecule has 1 aliphatic rings. The van der Waals surface area contributed by atoms with Crippen LogP contribution in [0.1, 0.15) is 23.2 Å². The molecule has 1 saturated heterocycles. The van der Waals surface area contributed by atoms with E-state index in [4.69, 9.17) is 23.2 Å². The number of carbonyl (C=O) groups is 1. The Bertz CT molecular complexity index is 417. The Kier molecular flexibility index (Phi) is 4.26. The summed E-state index contributed by atoms with van der Waals surface area (Å²) in [6.07, 6.45) is 2.27. The number of rotatable bonds is 3. The fraction of sp³-hybridized carbons (Fsp3) is 0.417. The molecule has 1 amide bonds. The van der Waals surface area contributed by atoms with Gasteiger partial charge in [-0.15, -0.1) is 0 Å². The molecule has 92 valence electrons. The van der Waals surface area contributed by atoms with Crippen LogP contribution in [0.5, 0.6) is 0 Å². The Hall–Kier alpha value is -0.770. The molecule has 0 radical (unpaired) electrons. The first-order chi connectivity index (χ1) is 8.16.